The highest BCUT2D eigenvalue weighted by Crippen LogP contribution is 2.39. The summed E-state index contributed by atoms with van der Waals surface area (Å²) >= 11 is 0. The third-order valence-electron chi connectivity index (χ3n) is 7.01. The first-order valence-corrected chi connectivity index (χ1v) is 12.7. The van der Waals surface area contributed by atoms with Crippen molar-refractivity contribution in [1.29, 1.82) is 0 Å². The largest absolute Gasteiger partial charge is 0.506 e. The van der Waals surface area contributed by atoms with Crippen molar-refractivity contribution >= 4 is 0 Å². The maximum absolute atomic E-state index is 10.6. The van der Waals surface area contributed by atoms with E-state index in [0.717, 1.165) is 0 Å². The summed E-state index contributed by atoms with van der Waals surface area (Å²) in [5, 5.41) is 100. The van der Waals surface area contributed by atoms with Crippen molar-refractivity contribution in [3.05, 3.63) is 11.5 Å². The summed E-state index contributed by atoms with van der Waals surface area (Å²) in [4.78, 5) is 0. The van der Waals surface area contributed by atoms with E-state index in [1.54, 1.807) is 13.8 Å². The van der Waals surface area contributed by atoms with Gasteiger partial charge in [-0.2, -0.15) is 0 Å². The zero-order valence-corrected chi connectivity index (χ0v) is 22.1. The van der Waals surface area contributed by atoms with E-state index in [-0.39, 0.29) is 25.7 Å². The molecule has 2 rings (SSSR count). The Morgan fingerprint density at radius 2 is 1.58 bits per heavy atom. The fourth-order valence-electron chi connectivity index (χ4n) is 4.30. The Hall–Kier alpha value is -1.14. The zero-order chi connectivity index (χ0) is 29.0. The van der Waals surface area contributed by atoms with Gasteiger partial charge in [0.25, 0.3) is 0 Å². The van der Waals surface area contributed by atoms with Crippen molar-refractivity contribution in [1.82, 2.24) is 0 Å². The third-order valence-corrected chi connectivity index (χ3v) is 7.01. The van der Waals surface area contributed by atoms with E-state index in [0.29, 0.717) is 0 Å². The van der Waals surface area contributed by atoms with E-state index in [9.17, 15) is 46.0 Å². The molecule has 2 fully saturated rings. The first kappa shape index (κ1) is 33.1. The Morgan fingerprint density at radius 1 is 0.947 bits per heavy atom. The number of aliphatic hydroxyl groups excluding tert-OH is 10. The lowest BCUT2D eigenvalue weighted by atomic mass is 9.96. The highest BCUT2D eigenvalue weighted by atomic mass is 16.8. The molecule has 11 atom stereocenters. The molecule has 0 aromatic rings. The summed E-state index contributed by atoms with van der Waals surface area (Å²) in [6.07, 6.45) is -13.4. The van der Waals surface area contributed by atoms with Gasteiger partial charge in [-0.3, -0.25) is 0 Å². The van der Waals surface area contributed by atoms with E-state index in [1.807, 2.05) is 0 Å². The molecule has 0 bridgehead atoms. The lowest BCUT2D eigenvalue weighted by molar-refractivity contribution is -0.269. The predicted octanol–water partition coefficient (Wildman–Crippen LogP) is -1.94. The summed E-state index contributed by atoms with van der Waals surface area (Å²) in [6, 6.07) is 0. The van der Waals surface area contributed by atoms with Gasteiger partial charge in [-0.15, -0.1) is 0 Å². The summed E-state index contributed by atoms with van der Waals surface area (Å²) in [6.45, 7) is 5.09. The van der Waals surface area contributed by atoms with Gasteiger partial charge in [-0.1, -0.05) is 6.92 Å². The van der Waals surface area contributed by atoms with E-state index in [2.05, 4.69) is 0 Å². The zero-order valence-electron chi connectivity index (χ0n) is 22.1. The molecule has 0 aliphatic carbocycles. The van der Waals surface area contributed by atoms with Crippen molar-refractivity contribution in [3.8, 4) is 0 Å². The highest BCUT2D eigenvalue weighted by Gasteiger charge is 2.55. The van der Waals surface area contributed by atoms with Crippen molar-refractivity contribution in [3.63, 3.8) is 0 Å². The number of aliphatic hydroxyl groups is 10. The van der Waals surface area contributed by atoms with Crippen LogP contribution in [0.25, 0.3) is 0 Å². The first-order valence-electron chi connectivity index (χ1n) is 12.7. The van der Waals surface area contributed by atoms with Gasteiger partial charge in [0.15, 0.2) is 23.6 Å². The Labute approximate surface area is 221 Å². The lowest BCUT2D eigenvalue weighted by Gasteiger charge is -2.39. The van der Waals surface area contributed by atoms with Crippen LogP contribution in [0.2, 0.25) is 0 Å². The monoisotopic (exact) mass is 556 g/mol. The second-order valence-corrected chi connectivity index (χ2v) is 10.5. The van der Waals surface area contributed by atoms with Crippen LogP contribution in [0.15, 0.2) is 11.5 Å². The Bertz CT molecular complexity index is 777. The summed E-state index contributed by atoms with van der Waals surface area (Å²) in [5.74, 6) is -3.22. The Morgan fingerprint density at radius 3 is 2.16 bits per heavy atom. The van der Waals surface area contributed by atoms with Crippen LogP contribution in [0.3, 0.4) is 0 Å². The average molecular weight is 557 g/mol. The van der Waals surface area contributed by atoms with Crippen LogP contribution in [0.4, 0.5) is 0 Å². The van der Waals surface area contributed by atoms with Gasteiger partial charge in [0.05, 0.1) is 24.4 Å². The van der Waals surface area contributed by atoms with Gasteiger partial charge in [-0.25, -0.2) is 0 Å². The SMILES string of the molecule is CCC(O)C(O)C(O)CCC1(C)OC2OC(COC(C)(C)C(O)/C(O)=C(\O)C(O)CCO)C(O)C(O)C2O1. The molecule has 0 saturated carbocycles. The number of hydrogen-bond donors (Lipinski definition) is 10. The van der Waals surface area contributed by atoms with E-state index >= 15 is 0 Å². The van der Waals surface area contributed by atoms with Crippen molar-refractivity contribution in [2.45, 2.75) is 126 Å². The molecule has 2 heterocycles. The van der Waals surface area contributed by atoms with Crippen molar-refractivity contribution < 1.29 is 70.0 Å². The molecular weight excluding hydrogens is 512 g/mol. The fraction of sp³-hybridized carbons (Fsp3) is 0.917. The smallest absolute Gasteiger partial charge is 0.190 e. The van der Waals surface area contributed by atoms with Crippen molar-refractivity contribution in [2.24, 2.45) is 0 Å². The topological polar surface area (TPSA) is 239 Å². The summed E-state index contributed by atoms with van der Waals surface area (Å²) < 4.78 is 23.0. The minimum Gasteiger partial charge on any atom is -0.506 e. The molecule has 14 heteroatoms. The van der Waals surface area contributed by atoms with Gasteiger partial charge in [0, 0.05) is 19.4 Å². The quantitative estimate of drug-likeness (QED) is 0.105. The molecular formula is C24H44O14. The minimum absolute atomic E-state index is 0.00227. The first-order chi connectivity index (χ1) is 17.6. The number of hydrogen-bond acceptors (Lipinski definition) is 14. The van der Waals surface area contributed by atoms with Gasteiger partial charge < -0.3 is 70.0 Å². The normalized spacial score (nSPS) is 34.7. The van der Waals surface area contributed by atoms with Crippen LogP contribution in [0.5, 0.6) is 0 Å². The van der Waals surface area contributed by atoms with Gasteiger partial charge >= 0.3 is 0 Å². The molecule has 10 N–H and O–H groups in total. The Balaban J connectivity index is 2.00. The summed E-state index contributed by atoms with van der Waals surface area (Å²) in [5.41, 5.74) is -1.57. The van der Waals surface area contributed by atoms with E-state index in [4.69, 9.17) is 24.1 Å². The van der Waals surface area contributed by atoms with Crippen LogP contribution in [0, 0.1) is 0 Å². The second-order valence-electron chi connectivity index (χ2n) is 10.5. The van der Waals surface area contributed by atoms with Gasteiger partial charge in [0.1, 0.15) is 42.7 Å². The van der Waals surface area contributed by atoms with Crippen LogP contribution in [-0.2, 0) is 18.9 Å². The number of ether oxygens (including phenoxy) is 4. The molecule has 224 valence electrons. The van der Waals surface area contributed by atoms with Crippen molar-refractivity contribution in [2.75, 3.05) is 13.2 Å². The van der Waals surface area contributed by atoms with E-state index in [1.165, 1.54) is 13.8 Å². The molecule has 0 radical (unpaired) electrons. The molecule has 0 amide bonds. The lowest BCUT2D eigenvalue weighted by Crippen LogP contribution is -2.58. The molecule has 2 saturated heterocycles. The van der Waals surface area contributed by atoms with Gasteiger partial charge in [0.2, 0.25) is 0 Å². The van der Waals surface area contributed by atoms with E-state index < -0.39 is 97.3 Å². The maximum atomic E-state index is 10.6. The van der Waals surface area contributed by atoms with Crippen LogP contribution < -0.4 is 0 Å². The summed E-state index contributed by atoms with van der Waals surface area (Å²) in [7, 11) is 0. The van der Waals surface area contributed by atoms with Crippen LogP contribution >= 0.6 is 0 Å². The number of rotatable bonds is 14. The maximum Gasteiger partial charge on any atom is 0.190 e. The van der Waals surface area contributed by atoms with Crippen LogP contribution in [-0.4, -0.2) is 137 Å². The molecule has 0 spiro atoms. The average Bonchev–Trinajstić information content (AvgIpc) is 3.22. The molecule has 2 aliphatic heterocycles. The molecule has 0 aromatic carbocycles. The third kappa shape index (κ3) is 7.74. The second kappa shape index (κ2) is 13.5. The minimum atomic E-state index is -1.81. The van der Waals surface area contributed by atoms with Crippen LogP contribution in [0.1, 0.15) is 53.4 Å². The Kier molecular flexibility index (Phi) is 11.7. The number of fused-ring (bicyclic) bond motifs is 1. The molecule has 2 aliphatic rings. The standard InChI is InChI=1S/C24H44O14/c1-5-11(26)15(29)12(27)6-8-24(4)37-20-18(32)17(31)14(36-22(20)38-24)10-35-23(2,3)21(34)19(33)16(30)13(28)7-9-25/h11-15,17-18,20-22,25-34H,5-10H2,1-4H3/b19-16+. The molecule has 0 aromatic heterocycles. The fourth-order valence-corrected chi connectivity index (χ4v) is 4.30. The molecule has 38 heavy (non-hydrogen) atoms. The highest BCUT2D eigenvalue weighted by molar-refractivity contribution is 5.12. The predicted molar refractivity (Wildman–Crippen MR) is 129 cm³/mol. The molecule has 14 nitrogen and oxygen atoms in total. The van der Waals surface area contributed by atoms with Gasteiger partial charge in [-0.05, 0) is 33.6 Å². The molecule has 11 unspecified atom stereocenters.